The summed E-state index contributed by atoms with van der Waals surface area (Å²) in [6.07, 6.45) is 0. The van der Waals surface area contributed by atoms with Gasteiger partial charge in [-0.2, -0.15) is 0 Å². The van der Waals surface area contributed by atoms with Gasteiger partial charge in [-0.25, -0.2) is 8.78 Å². The van der Waals surface area contributed by atoms with Crippen molar-refractivity contribution in [2.75, 3.05) is 17.6 Å². The van der Waals surface area contributed by atoms with Crippen molar-refractivity contribution < 1.29 is 8.78 Å². The minimum atomic E-state index is -0.630. The first-order valence-corrected chi connectivity index (χ1v) is 7.24. The monoisotopic (exact) mass is 334 g/mol. The van der Waals surface area contributed by atoms with Crippen LogP contribution in [0.1, 0.15) is 13.8 Å². The quantitative estimate of drug-likeness (QED) is 0.829. The number of rotatable bonds is 1. The molecule has 0 radical (unpaired) electrons. The highest BCUT2D eigenvalue weighted by Gasteiger charge is 2.24. The second kappa shape index (κ2) is 5.17. The van der Waals surface area contributed by atoms with Crippen molar-refractivity contribution in [2.24, 2.45) is 10.4 Å². The maximum absolute atomic E-state index is 13.6. The van der Waals surface area contributed by atoms with Gasteiger partial charge in [0.1, 0.15) is 5.69 Å². The summed E-state index contributed by atoms with van der Waals surface area (Å²) in [6, 6.07) is 2.45. The summed E-state index contributed by atoms with van der Waals surface area (Å²) in [4.78, 5) is 4.31. The van der Waals surface area contributed by atoms with Gasteiger partial charge >= 0.3 is 0 Å². The Bertz CT molecular complexity index is 480. The van der Waals surface area contributed by atoms with Crippen molar-refractivity contribution in [2.45, 2.75) is 13.8 Å². The van der Waals surface area contributed by atoms with E-state index in [0.29, 0.717) is 16.2 Å². The zero-order valence-corrected chi connectivity index (χ0v) is 12.5. The molecule has 0 unspecified atom stereocenters. The molecule has 18 heavy (non-hydrogen) atoms. The highest BCUT2D eigenvalue weighted by Crippen LogP contribution is 2.30. The van der Waals surface area contributed by atoms with Crippen LogP contribution in [0.2, 0.25) is 0 Å². The summed E-state index contributed by atoms with van der Waals surface area (Å²) >= 11 is 4.52. The average molecular weight is 335 g/mol. The Morgan fingerprint density at radius 3 is 2.44 bits per heavy atom. The molecule has 0 aliphatic carbocycles. The molecule has 0 amide bonds. The van der Waals surface area contributed by atoms with Gasteiger partial charge in [-0.15, -0.1) is 0 Å². The maximum atomic E-state index is 13.6. The molecule has 0 aromatic heterocycles. The molecule has 1 heterocycles. The molecule has 0 saturated heterocycles. The molecular weight excluding hydrogens is 322 g/mol. The van der Waals surface area contributed by atoms with Gasteiger partial charge in [0.2, 0.25) is 0 Å². The fourth-order valence-corrected chi connectivity index (χ4v) is 2.84. The first-order chi connectivity index (χ1) is 8.37. The number of anilines is 1. The Labute approximate surface area is 117 Å². The number of benzene rings is 1. The Balaban J connectivity index is 2.18. The van der Waals surface area contributed by atoms with E-state index < -0.39 is 11.6 Å². The lowest BCUT2D eigenvalue weighted by atomic mass is 9.97. The summed E-state index contributed by atoms with van der Waals surface area (Å²) in [6.45, 7) is 4.88. The Morgan fingerprint density at radius 1 is 1.33 bits per heavy atom. The van der Waals surface area contributed by atoms with Crippen molar-refractivity contribution in [3.05, 3.63) is 28.2 Å². The van der Waals surface area contributed by atoms with E-state index in [1.807, 2.05) is 0 Å². The van der Waals surface area contributed by atoms with E-state index >= 15 is 0 Å². The SMILES string of the molecule is CC1(C)CN=C(Nc2c(F)cc(Br)cc2F)SC1. The predicted octanol–water partition coefficient (Wildman–Crippen LogP) is 4.27. The minimum absolute atomic E-state index is 0.132. The molecule has 1 aromatic rings. The molecule has 0 fully saturated rings. The largest absolute Gasteiger partial charge is 0.330 e. The average Bonchev–Trinajstić information content (AvgIpc) is 2.25. The van der Waals surface area contributed by atoms with Crippen LogP contribution in [0, 0.1) is 17.0 Å². The summed E-state index contributed by atoms with van der Waals surface area (Å²) in [5.41, 5.74) is -0.0173. The van der Waals surface area contributed by atoms with Crippen molar-refractivity contribution in [1.29, 1.82) is 0 Å². The fourth-order valence-electron chi connectivity index (χ4n) is 1.48. The van der Waals surface area contributed by atoms with Gasteiger partial charge in [0, 0.05) is 16.8 Å². The van der Waals surface area contributed by atoms with E-state index in [2.05, 4.69) is 40.1 Å². The van der Waals surface area contributed by atoms with E-state index in [-0.39, 0.29) is 11.1 Å². The zero-order valence-electron chi connectivity index (χ0n) is 10.1. The van der Waals surface area contributed by atoms with Gasteiger partial charge in [0.25, 0.3) is 0 Å². The van der Waals surface area contributed by atoms with Crippen molar-refractivity contribution in [1.82, 2.24) is 0 Å². The highest BCUT2D eigenvalue weighted by atomic mass is 79.9. The number of thioether (sulfide) groups is 1. The molecule has 1 aliphatic heterocycles. The van der Waals surface area contributed by atoms with Crippen molar-refractivity contribution >= 4 is 38.5 Å². The van der Waals surface area contributed by atoms with Crippen LogP contribution in [-0.4, -0.2) is 17.5 Å². The molecule has 98 valence electrons. The number of aliphatic imine (C=N–C) groups is 1. The molecule has 1 aliphatic rings. The Kier molecular flexibility index (Phi) is 3.96. The van der Waals surface area contributed by atoms with Gasteiger partial charge in [-0.1, -0.05) is 41.5 Å². The molecule has 1 aromatic carbocycles. The summed E-state index contributed by atoms with van der Waals surface area (Å²) < 4.78 is 27.6. The number of amidine groups is 1. The van der Waals surface area contributed by atoms with Gasteiger partial charge in [0.05, 0.1) is 0 Å². The topological polar surface area (TPSA) is 24.4 Å². The third-order valence-corrected chi connectivity index (χ3v) is 4.38. The van der Waals surface area contributed by atoms with Crippen LogP contribution in [0.25, 0.3) is 0 Å². The molecule has 0 spiro atoms. The zero-order chi connectivity index (χ0) is 13.3. The molecule has 6 heteroatoms. The molecule has 1 N–H and O–H groups in total. The standard InChI is InChI=1S/C12H13BrF2N2S/c1-12(2)5-16-11(18-6-12)17-10-8(14)3-7(13)4-9(10)15/h3-4H,5-6H2,1-2H3,(H,16,17). The van der Waals surface area contributed by atoms with Crippen LogP contribution >= 0.6 is 27.7 Å². The number of nitrogens with zero attached hydrogens (tertiary/aromatic N) is 1. The van der Waals surface area contributed by atoms with Gasteiger partial charge in [-0.3, -0.25) is 4.99 Å². The van der Waals surface area contributed by atoms with Gasteiger partial charge in [-0.05, 0) is 17.5 Å². The van der Waals surface area contributed by atoms with Crippen LogP contribution in [-0.2, 0) is 0 Å². The first-order valence-electron chi connectivity index (χ1n) is 5.46. The van der Waals surface area contributed by atoms with E-state index in [1.165, 1.54) is 23.9 Å². The van der Waals surface area contributed by atoms with Crippen LogP contribution in [0.3, 0.4) is 0 Å². The predicted molar refractivity (Wildman–Crippen MR) is 76.2 cm³/mol. The Morgan fingerprint density at radius 2 is 1.94 bits per heavy atom. The van der Waals surface area contributed by atoms with Crippen LogP contribution in [0.5, 0.6) is 0 Å². The number of halogens is 3. The number of hydrogen-bond acceptors (Lipinski definition) is 3. The van der Waals surface area contributed by atoms with E-state index in [9.17, 15) is 8.78 Å². The van der Waals surface area contributed by atoms with Crippen LogP contribution < -0.4 is 5.32 Å². The second-order valence-corrected chi connectivity index (χ2v) is 6.82. The minimum Gasteiger partial charge on any atom is -0.330 e. The fraction of sp³-hybridized carbons (Fsp3) is 0.417. The van der Waals surface area contributed by atoms with Crippen LogP contribution in [0.4, 0.5) is 14.5 Å². The molecule has 2 nitrogen and oxygen atoms in total. The summed E-state index contributed by atoms with van der Waals surface area (Å²) in [5.74, 6) is -0.386. The molecule has 0 saturated carbocycles. The van der Waals surface area contributed by atoms with Gasteiger partial charge in [0.15, 0.2) is 16.8 Å². The molecule has 0 bridgehead atoms. The maximum Gasteiger partial charge on any atom is 0.161 e. The van der Waals surface area contributed by atoms with Crippen molar-refractivity contribution in [3.8, 4) is 0 Å². The van der Waals surface area contributed by atoms with E-state index in [1.54, 1.807) is 0 Å². The second-order valence-electron chi connectivity index (χ2n) is 4.94. The van der Waals surface area contributed by atoms with Crippen molar-refractivity contribution in [3.63, 3.8) is 0 Å². The summed E-state index contributed by atoms with van der Waals surface area (Å²) in [5, 5.41) is 3.29. The summed E-state index contributed by atoms with van der Waals surface area (Å²) in [7, 11) is 0. The molecule has 2 rings (SSSR count). The molecular formula is C12H13BrF2N2S. The van der Waals surface area contributed by atoms with E-state index in [4.69, 9.17) is 0 Å². The first kappa shape index (κ1) is 13.8. The van der Waals surface area contributed by atoms with Crippen LogP contribution in [0.15, 0.2) is 21.6 Å². The lowest BCUT2D eigenvalue weighted by molar-refractivity contribution is 0.438. The normalized spacial score (nSPS) is 18.4. The third-order valence-electron chi connectivity index (χ3n) is 2.49. The third kappa shape index (κ3) is 3.23. The number of nitrogens with one attached hydrogen (secondary N) is 1. The molecule has 0 atom stereocenters. The highest BCUT2D eigenvalue weighted by molar-refractivity contribution is 9.10. The van der Waals surface area contributed by atoms with E-state index in [0.717, 1.165) is 5.75 Å². The smallest absolute Gasteiger partial charge is 0.161 e. The van der Waals surface area contributed by atoms with Gasteiger partial charge < -0.3 is 5.32 Å². The number of hydrogen-bond donors (Lipinski definition) is 1. The Hall–Kier alpha value is -0.620. The lowest BCUT2D eigenvalue weighted by Crippen LogP contribution is -2.27. The lowest BCUT2D eigenvalue weighted by Gasteiger charge is -2.27.